The monoisotopic (exact) mass is 447 g/mol. The number of nitrogens with zero attached hydrogens (tertiary/aromatic N) is 5. The zero-order valence-corrected chi connectivity index (χ0v) is 16.1. The maximum Gasteiger partial charge on any atom is 0.273 e. The molecule has 0 spiro atoms. The minimum atomic E-state index is -3.58. The van der Waals surface area contributed by atoms with Gasteiger partial charge in [0, 0.05) is 23.4 Å². The third kappa shape index (κ3) is 3.71. The van der Waals surface area contributed by atoms with E-state index in [0.717, 1.165) is 29.2 Å². The lowest BCUT2D eigenvalue weighted by molar-refractivity contribution is -0.130. The van der Waals surface area contributed by atoms with E-state index in [1.807, 2.05) is 0 Å². The first-order chi connectivity index (χ1) is 15.3. The average molecular weight is 447 g/mol. The van der Waals surface area contributed by atoms with Crippen LogP contribution < -0.4 is 0 Å². The molecule has 2 aromatic carbocycles. The van der Waals surface area contributed by atoms with Crippen LogP contribution >= 0.6 is 0 Å². The summed E-state index contributed by atoms with van der Waals surface area (Å²) in [4.78, 5) is 4.13. The van der Waals surface area contributed by atoms with E-state index in [0.29, 0.717) is 6.07 Å². The van der Waals surface area contributed by atoms with E-state index in [4.69, 9.17) is 0 Å². The van der Waals surface area contributed by atoms with E-state index < -0.39 is 41.1 Å². The van der Waals surface area contributed by atoms with Gasteiger partial charge in [-0.25, -0.2) is 26.6 Å². The molecule has 0 saturated carbocycles. The number of tetrazole rings is 1. The summed E-state index contributed by atoms with van der Waals surface area (Å²) in [5.74, 6) is -3.00. The second-order valence-corrected chi connectivity index (χ2v) is 6.89. The maximum atomic E-state index is 14.6. The minimum Gasteiger partial charge on any atom is -0.377 e. The largest absolute Gasteiger partial charge is 0.377 e. The van der Waals surface area contributed by atoms with Gasteiger partial charge in [0.25, 0.3) is 6.43 Å². The van der Waals surface area contributed by atoms with Crippen molar-refractivity contribution in [1.82, 2.24) is 25.2 Å². The highest BCUT2D eigenvalue weighted by Crippen LogP contribution is 2.45. The molecular formula is C21H14F5N5O. The summed E-state index contributed by atoms with van der Waals surface area (Å²) in [6, 6.07) is 8.21. The number of alkyl halides is 2. The van der Waals surface area contributed by atoms with Gasteiger partial charge in [-0.1, -0.05) is 18.2 Å². The summed E-state index contributed by atoms with van der Waals surface area (Å²) in [7, 11) is 0. The van der Waals surface area contributed by atoms with Crippen LogP contribution in [0.25, 0.3) is 11.1 Å². The van der Waals surface area contributed by atoms with E-state index in [9.17, 15) is 27.1 Å². The Balaban J connectivity index is 2.01. The molecule has 0 saturated heterocycles. The molecule has 6 nitrogen and oxygen atoms in total. The van der Waals surface area contributed by atoms with Crippen LogP contribution in [0.4, 0.5) is 22.0 Å². The van der Waals surface area contributed by atoms with Crippen molar-refractivity contribution in [2.45, 2.75) is 18.1 Å². The van der Waals surface area contributed by atoms with Crippen LogP contribution in [0.1, 0.15) is 17.3 Å². The molecule has 0 aliphatic rings. The van der Waals surface area contributed by atoms with Gasteiger partial charge < -0.3 is 5.11 Å². The van der Waals surface area contributed by atoms with E-state index in [1.165, 1.54) is 36.5 Å². The number of aliphatic hydroxyl groups is 1. The van der Waals surface area contributed by atoms with Crippen molar-refractivity contribution in [1.29, 1.82) is 0 Å². The van der Waals surface area contributed by atoms with Crippen LogP contribution in [0.3, 0.4) is 0 Å². The van der Waals surface area contributed by atoms with Crippen molar-refractivity contribution in [2.24, 2.45) is 0 Å². The van der Waals surface area contributed by atoms with E-state index in [-0.39, 0.29) is 16.8 Å². The van der Waals surface area contributed by atoms with Gasteiger partial charge in [-0.2, -0.15) is 0 Å². The number of pyridine rings is 1. The van der Waals surface area contributed by atoms with Crippen molar-refractivity contribution in [3.05, 3.63) is 95.8 Å². The topological polar surface area (TPSA) is 76.7 Å². The number of rotatable bonds is 6. The van der Waals surface area contributed by atoms with Crippen LogP contribution in [0.5, 0.6) is 0 Å². The number of halogens is 5. The molecule has 2 heterocycles. The first kappa shape index (κ1) is 21.5. The van der Waals surface area contributed by atoms with Crippen LogP contribution in [0.15, 0.2) is 67.1 Å². The van der Waals surface area contributed by atoms with Crippen LogP contribution in [0.2, 0.25) is 0 Å². The fourth-order valence-electron chi connectivity index (χ4n) is 3.56. The Morgan fingerprint density at radius 3 is 2.38 bits per heavy atom. The van der Waals surface area contributed by atoms with Gasteiger partial charge in [-0.05, 0) is 46.3 Å². The molecule has 4 rings (SSSR count). The molecule has 1 N–H and O–H groups in total. The third-order valence-electron chi connectivity index (χ3n) is 4.97. The van der Waals surface area contributed by atoms with E-state index in [2.05, 4.69) is 20.5 Å². The zero-order valence-electron chi connectivity index (χ0n) is 16.1. The highest BCUT2D eigenvalue weighted by molar-refractivity contribution is 5.67. The fourth-order valence-corrected chi connectivity index (χ4v) is 3.56. The lowest BCUT2D eigenvalue weighted by Gasteiger charge is -2.36. The Labute approximate surface area is 178 Å². The molecule has 11 heteroatoms. The lowest BCUT2D eigenvalue weighted by Crippen LogP contribution is -2.45. The van der Waals surface area contributed by atoms with Crippen molar-refractivity contribution in [2.75, 3.05) is 0 Å². The molecule has 0 fully saturated rings. The molecule has 164 valence electrons. The standard InChI is InChI=1S/C21H14F5N5O/c22-13-4-1-3-12(9-13)15-5-2-8-27-18(15)19(31-11-28-29-30-31)21(32,20(25)26)16-7-6-14(23)10-17(16)24/h1-11,19-20,32H. The summed E-state index contributed by atoms with van der Waals surface area (Å²) in [6.07, 6.45) is -1.37. The van der Waals surface area contributed by atoms with Crippen LogP contribution in [-0.2, 0) is 5.60 Å². The summed E-state index contributed by atoms with van der Waals surface area (Å²) in [5, 5.41) is 21.8. The lowest BCUT2D eigenvalue weighted by atomic mass is 9.82. The molecule has 2 aromatic heterocycles. The van der Waals surface area contributed by atoms with Gasteiger partial charge in [0.05, 0.1) is 5.69 Å². The van der Waals surface area contributed by atoms with Gasteiger partial charge >= 0.3 is 0 Å². The molecule has 0 bridgehead atoms. The molecular weight excluding hydrogens is 433 g/mol. The molecule has 2 atom stereocenters. The number of hydrogen-bond acceptors (Lipinski definition) is 5. The summed E-state index contributed by atoms with van der Waals surface area (Å²) in [5.41, 5.74) is -3.90. The summed E-state index contributed by atoms with van der Waals surface area (Å²) < 4.78 is 71.7. The minimum absolute atomic E-state index is 0.175. The second-order valence-electron chi connectivity index (χ2n) is 6.89. The normalized spacial score (nSPS) is 14.3. The molecule has 4 aromatic rings. The Morgan fingerprint density at radius 2 is 1.72 bits per heavy atom. The predicted octanol–water partition coefficient (Wildman–Crippen LogP) is 3.89. The Hall–Kier alpha value is -3.73. The Bertz CT molecular complexity index is 1240. The van der Waals surface area contributed by atoms with Crippen molar-refractivity contribution < 1.29 is 27.1 Å². The predicted molar refractivity (Wildman–Crippen MR) is 102 cm³/mol. The van der Waals surface area contributed by atoms with Crippen molar-refractivity contribution in [3.63, 3.8) is 0 Å². The van der Waals surface area contributed by atoms with E-state index >= 15 is 0 Å². The Kier molecular flexibility index (Phi) is 5.66. The number of aromatic nitrogens is 5. The van der Waals surface area contributed by atoms with Gasteiger partial charge in [0.1, 0.15) is 29.8 Å². The maximum absolute atomic E-state index is 14.6. The van der Waals surface area contributed by atoms with Crippen LogP contribution in [-0.4, -0.2) is 36.7 Å². The van der Waals surface area contributed by atoms with Crippen molar-refractivity contribution in [3.8, 4) is 11.1 Å². The zero-order chi connectivity index (χ0) is 22.9. The third-order valence-corrected chi connectivity index (χ3v) is 4.97. The number of benzene rings is 2. The molecule has 0 aliphatic heterocycles. The van der Waals surface area contributed by atoms with Gasteiger partial charge in [0.2, 0.25) is 0 Å². The SMILES string of the molecule is OC(c1ccc(F)cc1F)(C(F)F)C(c1ncccc1-c1cccc(F)c1)n1cnnn1. The molecule has 2 unspecified atom stereocenters. The quantitative estimate of drug-likeness (QED) is 0.454. The highest BCUT2D eigenvalue weighted by Gasteiger charge is 2.52. The van der Waals surface area contributed by atoms with Gasteiger partial charge in [-0.3, -0.25) is 4.98 Å². The molecule has 0 radical (unpaired) electrons. The van der Waals surface area contributed by atoms with Gasteiger partial charge in [-0.15, -0.1) is 5.10 Å². The fraction of sp³-hybridized carbons (Fsp3) is 0.143. The molecule has 0 aliphatic carbocycles. The molecule has 32 heavy (non-hydrogen) atoms. The smallest absolute Gasteiger partial charge is 0.273 e. The number of hydrogen-bond donors (Lipinski definition) is 1. The summed E-state index contributed by atoms with van der Waals surface area (Å²) in [6.45, 7) is 0. The average Bonchev–Trinajstić information content (AvgIpc) is 3.28. The Morgan fingerprint density at radius 1 is 0.938 bits per heavy atom. The van der Waals surface area contributed by atoms with E-state index in [1.54, 1.807) is 0 Å². The highest BCUT2D eigenvalue weighted by atomic mass is 19.3. The molecule has 0 amide bonds. The summed E-state index contributed by atoms with van der Waals surface area (Å²) >= 11 is 0. The van der Waals surface area contributed by atoms with Crippen LogP contribution in [0, 0.1) is 17.5 Å². The van der Waals surface area contributed by atoms with Crippen molar-refractivity contribution >= 4 is 0 Å². The van der Waals surface area contributed by atoms with Gasteiger partial charge in [0.15, 0.2) is 5.60 Å². The first-order valence-corrected chi connectivity index (χ1v) is 9.21. The second kappa shape index (κ2) is 8.42. The first-order valence-electron chi connectivity index (χ1n) is 9.21.